The largest absolute Gasteiger partial charge is 0.432 e. The molecule has 1 rings (SSSR count). The van der Waals surface area contributed by atoms with Crippen molar-refractivity contribution in [3.05, 3.63) is 6.54 Å². The Morgan fingerprint density at radius 3 is 1.10 bits per heavy atom. The molecule has 0 aromatic heterocycles. The molecule has 0 atom stereocenters. The zero-order valence-electron chi connectivity index (χ0n) is 18.4. The summed E-state index contributed by atoms with van der Waals surface area (Å²) in [4.78, 5) is 54.7. The van der Waals surface area contributed by atoms with Gasteiger partial charge in [-0.15, -0.1) is 0 Å². The molecule has 8 nitrogen and oxygen atoms in total. The standard InChI is InChI=1S/C20H35N4O4.Y/c1-17(25)13-21-5-7-22(14-18(2)26)9-11-24(16-20(4)28)12-10-23(8-6-21)15-19(3)27;/h13H,5-12,14-16H2,1-4H3;/q-1;. The monoisotopic (exact) mass is 484 g/mol. The van der Waals surface area contributed by atoms with Crippen LogP contribution in [0.4, 0.5) is 0 Å². The summed E-state index contributed by atoms with van der Waals surface area (Å²) >= 11 is 0. The molecule has 0 saturated carbocycles. The molecule has 0 bridgehead atoms. The molecule has 9 heteroatoms. The molecule has 163 valence electrons. The molecular weight excluding hydrogens is 449 g/mol. The van der Waals surface area contributed by atoms with Crippen LogP contribution in [0, 0.1) is 6.54 Å². The van der Waals surface area contributed by atoms with Crippen molar-refractivity contribution < 1.29 is 51.9 Å². The summed E-state index contributed by atoms with van der Waals surface area (Å²) in [5.74, 6) is 0.279. The van der Waals surface area contributed by atoms with E-state index in [1.807, 2.05) is 4.90 Å². The first-order valence-electron chi connectivity index (χ1n) is 9.90. The Hall–Kier alpha value is -0.506. The quantitative estimate of drug-likeness (QED) is 0.436. The molecule has 1 fully saturated rings. The maximum absolute atomic E-state index is 11.6. The molecule has 1 saturated heterocycles. The molecular formula is C20H35N4O4Y-. The van der Waals surface area contributed by atoms with E-state index in [-0.39, 0.29) is 55.8 Å². The zero-order valence-corrected chi connectivity index (χ0v) is 21.2. The van der Waals surface area contributed by atoms with Gasteiger partial charge in [0.15, 0.2) is 0 Å². The van der Waals surface area contributed by atoms with E-state index < -0.39 is 0 Å². The summed E-state index contributed by atoms with van der Waals surface area (Å²) in [7, 11) is 0. The van der Waals surface area contributed by atoms with Gasteiger partial charge in [-0.1, -0.05) is 0 Å². The molecule has 0 aromatic carbocycles. The Morgan fingerprint density at radius 2 is 0.862 bits per heavy atom. The van der Waals surface area contributed by atoms with Crippen LogP contribution in [-0.4, -0.2) is 115 Å². The van der Waals surface area contributed by atoms with Gasteiger partial charge in [0.2, 0.25) is 0 Å². The maximum atomic E-state index is 11.6. The van der Waals surface area contributed by atoms with E-state index in [4.69, 9.17) is 0 Å². The number of hydrogen-bond donors (Lipinski definition) is 0. The maximum Gasteiger partial charge on any atom is 0.143 e. The van der Waals surface area contributed by atoms with E-state index in [9.17, 15) is 19.2 Å². The van der Waals surface area contributed by atoms with E-state index in [2.05, 4.69) is 14.7 Å². The number of carbonyl (C=O) groups is 4. The number of nitrogens with zero attached hydrogens (tertiary/aromatic N) is 4. The fraction of sp³-hybridized carbons (Fsp3) is 0.750. The van der Waals surface area contributed by atoms with Crippen LogP contribution in [-0.2, 0) is 51.9 Å². The van der Waals surface area contributed by atoms with Crippen LogP contribution in [0.5, 0.6) is 0 Å². The van der Waals surface area contributed by atoms with Crippen LogP contribution in [0.2, 0.25) is 0 Å². The number of hydrogen-bond acceptors (Lipinski definition) is 8. The van der Waals surface area contributed by atoms with Crippen molar-refractivity contribution in [2.24, 2.45) is 0 Å². The third-order valence-corrected chi connectivity index (χ3v) is 4.57. The van der Waals surface area contributed by atoms with E-state index >= 15 is 0 Å². The molecule has 1 heterocycles. The Kier molecular flexibility index (Phi) is 15.1. The van der Waals surface area contributed by atoms with Crippen molar-refractivity contribution in [2.75, 3.05) is 72.0 Å². The fourth-order valence-corrected chi connectivity index (χ4v) is 3.36. The van der Waals surface area contributed by atoms with Gasteiger partial charge in [-0.3, -0.25) is 35.6 Å². The molecule has 1 radical (unpaired) electrons. The van der Waals surface area contributed by atoms with Gasteiger partial charge in [0, 0.05) is 77.8 Å². The van der Waals surface area contributed by atoms with Gasteiger partial charge < -0.3 is 9.69 Å². The first-order valence-corrected chi connectivity index (χ1v) is 9.90. The van der Waals surface area contributed by atoms with Crippen LogP contribution in [0.15, 0.2) is 0 Å². The van der Waals surface area contributed by atoms with Crippen molar-refractivity contribution >= 4 is 23.1 Å². The molecule has 0 aromatic rings. The summed E-state index contributed by atoms with van der Waals surface area (Å²) in [5.41, 5.74) is 0. The van der Waals surface area contributed by atoms with Gasteiger partial charge in [0.1, 0.15) is 17.3 Å². The number of ketones is 4. The second kappa shape index (κ2) is 15.3. The van der Waals surface area contributed by atoms with E-state index in [1.54, 1.807) is 27.3 Å². The van der Waals surface area contributed by atoms with Gasteiger partial charge in [-0.2, -0.15) is 0 Å². The second-order valence-electron chi connectivity index (χ2n) is 7.71. The molecule has 0 spiro atoms. The zero-order chi connectivity index (χ0) is 21.1. The average molecular weight is 484 g/mol. The summed E-state index contributed by atoms with van der Waals surface area (Å²) in [5, 5.41) is 0. The van der Waals surface area contributed by atoms with Crippen LogP contribution in [0.3, 0.4) is 0 Å². The predicted octanol–water partition coefficient (Wildman–Crippen LogP) is -0.277. The third-order valence-electron chi connectivity index (χ3n) is 4.57. The van der Waals surface area contributed by atoms with Crippen LogP contribution in [0.25, 0.3) is 0 Å². The molecule has 0 amide bonds. The first kappa shape index (κ1) is 28.5. The SMILES string of the molecule is CC(=O)[CH-]N1CCN(CC(C)=O)CCN(CC(C)=O)CCN(CC(C)=O)CC1.[Y]. The van der Waals surface area contributed by atoms with Crippen LogP contribution in [0.1, 0.15) is 27.7 Å². The Bertz CT molecular complexity index is 447. The second-order valence-corrected chi connectivity index (χ2v) is 7.71. The predicted molar refractivity (Wildman–Crippen MR) is 108 cm³/mol. The molecule has 29 heavy (non-hydrogen) atoms. The summed E-state index contributed by atoms with van der Waals surface area (Å²) in [6, 6.07) is 0. The van der Waals surface area contributed by atoms with Crippen molar-refractivity contribution in [2.45, 2.75) is 27.7 Å². The topological polar surface area (TPSA) is 81.2 Å². The van der Waals surface area contributed by atoms with Crippen molar-refractivity contribution in [1.82, 2.24) is 19.6 Å². The number of rotatable bonds is 8. The minimum Gasteiger partial charge on any atom is -0.432 e. The van der Waals surface area contributed by atoms with Gasteiger partial charge in [0.05, 0.1) is 19.6 Å². The number of Topliss-reactive ketones (excluding diaryl/α,β-unsaturated/α-hetero) is 4. The summed E-state index contributed by atoms with van der Waals surface area (Å²) in [6.07, 6.45) is 0. The van der Waals surface area contributed by atoms with Crippen molar-refractivity contribution in [3.63, 3.8) is 0 Å². The Morgan fingerprint density at radius 1 is 0.586 bits per heavy atom. The average Bonchev–Trinajstić information content (AvgIpc) is 2.55. The molecule has 1 aliphatic heterocycles. The van der Waals surface area contributed by atoms with Crippen LogP contribution >= 0.6 is 0 Å². The van der Waals surface area contributed by atoms with E-state index in [0.29, 0.717) is 72.0 Å². The molecule has 0 N–H and O–H groups in total. The molecule has 0 aliphatic carbocycles. The fourth-order valence-electron chi connectivity index (χ4n) is 3.36. The van der Waals surface area contributed by atoms with Crippen molar-refractivity contribution in [3.8, 4) is 0 Å². The summed E-state index contributed by atoms with van der Waals surface area (Å²) < 4.78 is 0. The van der Waals surface area contributed by atoms with Gasteiger partial charge >= 0.3 is 0 Å². The number of carbonyl (C=O) groups excluding carboxylic acids is 4. The Labute approximate surface area is 200 Å². The van der Waals surface area contributed by atoms with Gasteiger partial charge in [-0.25, -0.2) is 0 Å². The minimum atomic E-state index is -0.0176. The van der Waals surface area contributed by atoms with Crippen molar-refractivity contribution in [1.29, 1.82) is 0 Å². The molecule has 1 aliphatic rings. The van der Waals surface area contributed by atoms with E-state index in [1.165, 1.54) is 6.92 Å². The van der Waals surface area contributed by atoms with Gasteiger partial charge in [-0.05, 0) is 40.8 Å². The van der Waals surface area contributed by atoms with Crippen LogP contribution < -0.4 is 0 Å². The first-order chi connectivity index (χ1) is 13.2. The molecule has 0 unspecified atom stereocenters. The normalized spacial score (nSPS) is 18.8. The Balaban J connectivity index is 0.00000784. The van der Waals surface area contributed by atoms with Gasteiger partial charge in [0.25, 0.3) is 0 Å². The third kappa shape index (κ3) is 14.2. The smallest absolute Gasteiger partial charge is 0.143 e. The summed E-state index contributed by atoms with van der Waals surface area (Å²) in [6.45, 7) is 14.2. The van der Waals surface area contributed by atoms with E-state index in [0.717, 1.165) is 0 Å². The minimum absolute atomic E-state index is 0.